The molecular formula is C25H29F4N7O3. The Morgan fingerprint density at radius 3 is 2.36 bits per heavy atom. The number of halogens is 4. The summed E-state index contributed by atoms with van der Waals surface area (Å²) in [5, 5.41) is 4.42. The maximum Gasteiger partial charge on any atom is 0.573 e. The lowest BCUT2D eigenvalue weighted by Gasteiger charge is -2.22. The van der Waals surface area contributed by atoms with Crippen molar-refractivity contribution in [1.29, 1.82) is 0 Å². The number of aromatic amines is 1. The summed E-state index contributed by atoms with van der Waals surface area (Å²) in [4.78, 5) is 33.3. The molecule has 0 saturated carbocycles. The average molecular weight is 552 g/mol. The van der Waals surface area contributed by atoms with Crippen molar-refractivity contribution in [1.82, 2.24) is 14.9 Å². The van der Waals surface area contributed by atoms with Crippen molar-refractivity contribution in [3.8, 4) is 16.9 Å². The number of carbonyl (C=O) groups is 1. The van der Waals surface area contributed by atoms with Gasteiger partial charge in [-0.05, 0) is 62.8 Å². The van der Waals surface area contributed by atoms with Crippen molar-refractivity contribution < 1.29 is 27.1 Å². The first-order chi connectivity index (χ1) is 18.6. The van der Waals surface area contributed by atoms with Crippen LogP contribution in [0.5, 0.6) is 5.75 Å². The van der Waals surface area contributed by atoms with Gasteiger partial charge in [0.1, 0.15) is 5.82 Å². The number of urea groups is 1. The molecule has 0 aliphatic rings. The van der Waals surface area contributed by atoms with Gasteiger partial charge in [0.25, 0.3) is 5.56 Å². The van der Waals surface area contributed by atoms with E-state index >= 15 is 0 Å². The van der Waals surface area contributed by atoms with Crippen LogP contribution in [0.4, 0.5) is 34.0 Å². The quantitative estimate of drug-likeness (QED) is 0.216. The standard InChI is InChI=1S/C25H29F4N7O3/c26-19-13-16(7-8-17(19)15-36(11-3-9-30)12-4-10-31)18-14-32-23(34-22(18)37)35-24(38)33-20-5-1-2-6-21(20)39-25(27,28)29/h1-2,5-8,13-14H,3-4,9-12,15,30-31H2,(H3,32,33,34,35,37,38). The van der Waals surface area contributed by atoms with Crippen LogP contribution in [-0.2, 0) is 6.54 Å². The minimum absolute atomic E-state index is 0.0541. The number of H-pyrrole nitrogens is 1. The van der Waals surface area contributed by atoms with Crippen LogP contribution in [0.25, 0.3) is 11.1 Å². The van der Waals surface area contributed by atoms with Gasteiger partial charge in [-0.3, -0.25) is 20.0 Å². The first kappa shape index (κ1) is 29.5. The summed E-state index contributed by atoms with van der Waals surface area (Å²) in [6, 6.07) is 8.35. The predicted molar refractivity (Wildman–Crippen MR) is 139 cm³/mol. The van der Waals surface area contributed by atoms with Gasteiger partial charge < -0.3 is 21.5 Å². The minimum Gasteiger partial charge on any atom is -0.404 e. The number of hydrogen-bond donors (Lipinski definition) is 5. The van der Waals surface area contributed by atoms with Crippen LogP contribution in [0.3, 0.4) is 0 Å². The van der Waals surface area contributed by atoms with E-state index in [9.17, 15) is 27.2 Å². The highest BCUT2D eigenvalue weighted by molar-refractivity contribution is 5.99. The molecule has 3 rings (SSSR count). The van der Waals surface area contributed by atoms with Crippen molar-refractivity contribution in [2.45, 2.75) is 25.7 Å². The van der Waals surface area contributed by atoms with Crippen LogP contribution in [-0.4, -0.2) is 53.4 Å². The summed E-state index contributed by atoms with van der Waals surface area (Å²) in [5.41, 5.74) is 11.0. The van der Waals surface area contributed by atoms with E-state index < -0.39 is 29.5 Å². The molecule has 39 heavy (non-hydrogen) atoms. The zero-order valence-electron chi connectivity index (χ0n) is 20.9. The van der Waals surface area contributed by atoms with Crippen molar-refractivity contribution in [3.05, 3.63) is 70.4 Å². The molecule has 0 bridgehead atoms. The molecular weight excluding hydrogens is 522 g/mol. The van der Waals surface area contributed by atoms with E-state index in [1.807, 2.05) is 0 Å². The number of para-hydroxylation sites is 2. The number of nitrogens with zero attached hydrogens (tertiary/aromatic N) is 2. The summed E-state index contributed by atoms with van der Waals surface area (Å²) in [6.45, 7) is 2.79. The maximum absolute atomic E-state index is 14.9. The molecule has 1 heterocycles. The van der Waals surface area contributed by atoms with Gasteiger partial charge in [-0.15, -0.1) is 13.2 Å². The highest BCUT2D eigenvalue weighted by Gasteiger charge is 2.32. The Bertz CT molecular complexity index is 1310. The Morgan fingerprint density at radius 1 is 1.05 bits per heavy atom. The third-order valence-electron chi connectivity index (χ3n) is 5.51. The number of hydrogen-bond acceptors (Lipinski definition) is 7. The van der Waals surface area contributed by atoms with Gasteiger partial charge in [0, 0.05) is 18.3 Å². The fourth-order valence-electron chi connectivity index (χ4n) is 3.69. The predicted octanol–water partition coefficient (Wildman–Crippen LogP) is 3.62. The van der Waals surface area contributed by atoms with E-state index in [0.717, 1.165) is 25.1 Å². The van der Waals surface area contributed by atoms with Gasteiger partial charge in [0.2, 0.25) is 5.95 Å². The third kappa shape index (κ3) is 9.05. The normalized spacial score (nSPS) is 11.5. The number of nitrogens with two attached hydrogens (primary N) is 2. The molecule has 0 aliphatic heterocycles. The largest absolute Gasteiger partial charge is 0.573 e. The highest BCUT2D eigenvalue weighted by atomic mass is 19.4. The van der Waals surface area contributed by atoms with Crippen LogP contribution in [0.15, 0.2) is 53.5 Å². The van der Waals surface area contributed by atoms with E-state index in [1.165, 1.54) is 24.3 Å². The number of nitrogens with one attached hydrogen (secondary N) is 3. The maximum atomic E-state index is 14.9. The first-order valence-electron chi connectivity index (χ1n) is 12.0. The van der Waals surface area contributed by atoms with Gasteiger partial charge in [-0.1, -0.05) is 24.3 Å². The number of amides is 2. The lowest BCUT2D eigenvalue weighted by Crippen LogP contribution is -2.28. The number of ether oxygens (including phenoxy) is 1. The molecule has 0 fully saturated rings. The van der Waals surface area contributed by atoms with Crippen molar-refractivity contribution >= 4 is 17.7 Å². The Labute approximate surface area is 221 Å². The molecule has 7 N–H and O–H groups in total. The molecule has 0 spiro atoms. The molecule has 0 saturated heterocycles. The second kappa shape index (κ2) is 13.7. The number of aromatic nitrogens is 2. The topological polar surface area (TPSA) is 151 Å². The smallest absolute Gasteiger partial charge is 0.404 e. The SMILES string of the molecule is NCCCN(CCCN)Cc1ccc(-c2cnc(NC(=O)Nc3ccccc3OC(F)(F)F)[nH]c2=O)cc1F. The van der Waals surface area contributed by atoms with Gasteiger partial charge in [0.05, 0.1) is 11.3 Å². The number of carbonyl (C=O) groups excluding carboxylic acids is 1. The Hall–Kier alpha value is -4.01. The fraction of sp³-hybridized carbons (Fsp3) is 0.320. The lowest BCUT2D eigenvalue weighted by atomic mass is 10.1. The van der Waals surface area contributed by atoms with Crippen molar-refractivity contribution in [2.75, 3.05) is 36.8 Å². The molecule has 0 aliphatic carbocycles. The molecule has 3 aromatic rings. The molecule has 2 amide bonds. The molecule has 10 nitrogen and oxygen atoms in total. The first-order valence-corrected chi connectivity index (χ1v) is 12.0. The zero-order chi connectivity index (χ0) is 28.4. The third-order valence-corrected chi connectivity index (χ3v) is 5.51. The molecule has 0 radical (unpaired) electrons. The second-order valence-corrected chi connectivity index (χ2v) is 8.46. The summed E-state index contributed by atoms with van der Waals surface area (Å²) in [7, 11) is 0. The summed E-state index contributed by atoms with van der Waals surface area (Å²) >= 11 is 0. The molecule has 2 aromatic carbocycles. The molecule has 0 atom stereocenters. The zero-order valence-corrected chi connectivity index (χ0v) is 20.9. The Balaban J connectivity index is 1.69. The average Bonchev–Trinajstić information content (AvgIpc) is 2.87. The van der Waals surface area contributed by atoms with E-state index in [-0.39, 0.29) is 22.8 Å². The van der Waals surface area contributed by atoms with Crippen LogP contribution in [0.2, 0.25) is 0 Å². The van der Waals surface area contributed by atoms with Gasteiger partial charge >= 0.3 is 12.4 Å². The summed E-state index contributed by atoms with van der Waals surface area (Å²) < 4.78 is 56.6. The van der Waals surface area contributed by atoms with E-state index in [0.29, 0.717) is 38.3 Å². The van der Waals surface area contributed by atoms with E-state index in [1.54, 1.807) is 12.1 Å². The monoisotopic (exact) mass is 551 g/mol. The molecule has 1 aromatic heterocycles. The lowest BCUT2D eigenvalue weighted by molar-refractivity contribution is -0.274. The van der Waals surface area contributed by atoms with E-state index in [4.69, 9.17) is 11.5 Å². The number of rotatable bonds is 12. The highest BCUT2D eigenvalue weighted by Crippen LogP contribution is 2.30. The molecule has 0 unspecified atom stereocenters. The molecule has 210 valence electrons. The van der Waals surface area contributed by atoms with Crippen molar-refractivity contribution in [3.63, 3.8) is 0 Å². The van der Waals surface area contributed by atoms with Gasteiger partial charge in [-0.25, -0.2) is 14.2 Å². The fourth-order valence-corrected chi connectivity index (χ4v) is 3.69. The Kier molecular flexibility index (Phi) is 10.4. The van der Waals surface area contributed by atoms with Crippen molar-refractivity contribution in [2.24, 2.45) is 11.5 Å². The summed E-state index contributed by atoms with van der Waals surface area (Å²) in [5.74, 6) is -1.40. The second-order valence-electron chi connectivity index (χ2n) is 8.46. The molecule has 14 heteroatoms. The number of anilines is 2. The number of alkyl halides is 3. The Morgan fingerprint density at radius 2 is 1.74 bits per heavy atom. The number of benzene rings is 2. The van der Waals surface area contributed by atoms with E-state index in [2.05, 4.69) is 30.2 Å². The van der Waals surface area contributed by atoms with Crippen LogP contribution < -0.4 is 32.4 Å². The van der Waals surface area contributed by atoms with Crippen LogP contribution >= 0.6 is 0 Å². The summed E-state index contributed by atoms with van der Waals surface area (Å²) in [6.07, 6.45) is -2.28. The minimum atomic E-state index is -4.96. The van der Waals surface area contributed by atoms with Gasteiger partial charge in [0.15, 0.2) is 5.75 Å². The van der Waals surface area contributed by atoms with Gasteiger partial charge in [-0.2, -0.15) is 0 Å². The van der Waals surface area contributed by atoms with Crippen LogP contribution in [0.1, 0.15) is 18.4 Å². The van der Waals surface area contributed by atoms with Crippen LogP contribution in [0, 0.1) is 5.82 Å².